The molecule has 6 heteroatoms. The van der Waals surface area contributed by atoms with Crippen LogP contribution in [0.1, 0.15) is 20.3 Å². The zero-order valence-corrected chi connectivity index (χ0v) is 9.09. The number of nitrogens with one attached hydrogen (secondary N) is 2. The molecule has 0 aliphatic heterocycles. The van der Waals surface area contributed by atoms with Crippen LogP contribution < -0.4 is 4.74 Å². The van der Waals surface area contributed by atoms with Crippen LogP contribution in [0.2, 0.25) is 0 Å². The number of nitrogens with zero attached hydrogens (tertiary/aromatic N) is 1. The molecule has 2 N–H and O–H groups in total. The fourth-order valence-corrected chi connectivity index (χ4v) is 1.14. The highest BCUT2D eigenvalue weighted by atomic mass is 32.1. The van der Waals surface area contributed by atoms with Gasteiger partial charge in [-0.1, -0.05) is 6.92 Å². The number of hydrogen-bond donors (Lipinski definition) is 2. The van der Waals surface area contributed by atoms with E-state index >= 15 is 0 Å². The van der Waals surface area contributed by atoms with E-state index in [4.69, 9.17) is 29.2 Å². The van der Waals surface area contributed by atoms with Crippen molar-refractivity contribution in [3.63, 3.8) is 0 Å². The summed E-state index contributed by atoms with van der Waals surface area (Å²) in [7, 11) is 0. The summed E-state index contributed by atoms with van der Waals surface area (Å²) in [6.07, 6.45) is 1.02. The van der Waals surface area contributed by atoms with Crippen LogP contribution in [-0.2, 0) is 0 Å². The predicted octanol–water partition coefficient (Wildman–Crippen LogP) is 2.37. The quantitative estimate of drug-likeness (QED) is 0.763. The number of H-pyrrole nitrogens is 2. The van der Waals surface area contributed by atoms with Gasteiger partial charge < -0.3 is 9.72 Å². The first-order chi connectivity index (χ1) is 6.11. The molecule has 4 nitrogen and oxygen atoms in total. The SMILES string of the molecule is CCC(C)Oc1nc(=S)[nH]c(=S)[nH]1. The normalized spacial score (nSPS) is 12.5. The Morgan fingerprint density at radius 1 is 1.46 bits per heavy atom. The maximum Gasteiger partial charge on any atom is 0.298 e. The van der Waals surface area contributed by atoms with Crippen LogP contribution in [0.3, 0.4) is 0 Å². The van der Waals surface area contributed by atoms with Gasteiger partial charge in [0, 0.05) is 0 Å². The fraction of sp³-hybridized carbons (Fsp3) is 0.571. The highest BCUT2D eigenvalue weighted by molar-refractivity contribution is 7.71. The summed E-state index contributed by atoms with van der Waals surface area (Å²) in [6.45, 7) is 3.99. The molecular weight excluding hydrogens is 206 g/mol. The summed E-state index contributed by atoms with van der Waals surface area (Å²) in [5.41, 5.74) is 0. The second-order valence-corrected chi connectivity index (χ2v) is 3.43. The monoisotopic (exact) mass is 217 g/mol. The van der Waals surface area contributed by atoms with Crippen LogP contribution in [0.4, 0.5) is 0 Å². The van der Waals surface area contributed by atoms with Gasteiger partial charge in [0.1, 0.15) is 0 Å². The maximum absolute atomic E-state index is 5.41. The first kappa shape index (κ1) is 10.3. The maximum atomic E-state index is 5.41. The molecule has 1 unspecified atom stereocenters. The second kappa shape index (κ2) is 4.48. The van der Waals surface area contributed by atoms with Crippen LogP contribution in [0.5, 0.6) is 6.01 Å². The molecule has 0 fully saturated rings. The van der Waals surface area contributed by atoms with Crippen LogP contribution >= 0.6 is 24.4 Å². The Morgan fingerprint density at radius 2 is 2.15 bits per heavy atom. The molecule has 0 aromatic carbocycles. The molecule has 0 bridgehead atoms. The van der Waals surface area contributed by atoms with E-state index in [2.05, 4.69) is 15.0 Å². The number of hydrogen-bond acceptors (Lipinski definition) is 4. The van der Waals surface area contributed by atoms with E-state index in [0.29, 0.717) is 15.6 Å². The van der Waals surface area contributed by atoms with Crippen LogP contribution in [0.15, 0.2) is 0 Å². The van der Waals surface area contributed by atoms with Crippen molar-refractivity contribution in [1.82, 2.24) is 15.0 Å². The molecule has 0 radical (unpaired) electrons. The van der Waals surface area contributed by atoms with Gasteiger partial charge in [-0.2, -0.15) is 4.98 Å². The topological polar surface area (TPSA) is 53.7 Å². The summed E-state index contributed by atoms with van der Waals surface area (Å²) >= 11 is 9.72. The molecule has 0 saturated carbocycles. The smallest absolute Gasteiger partial charge is 0.298 e. The number of aromatic nitrogens is 3. The Balaban J connectivity index is 2.90. The van der Waals surface area contributed by atoms with Gasteiger partial charge in [0.15, 0.2) is 4.77 Å². The van der Waals surface area contributed by atoms with Gasteiger partial charge in [-0.15, -0.1) is 0 Å². The molecule has 0 aliphatic rings. The van der Waals surface area contributed by atoms with E-state index in [-0.39, 0.29) is 6.10 Å². The van der Waals surface area contributed by atoms with Crippen molar-refractivity contribution in [1.29, 1.82) is 0 Å². The molecule has 72 valence electrons. The average Bonchev–Trinajstić information content (AvgIpc) is 2.02. The third-order valence-corrected chi connectivity index (χ3v) is 1.93. The summed E-state index contributed by atoms with van der Waals surface area (Å²) in [5, 5.41) is 0. The minimum Gasteiger partial charge on any atom is -0.462 e. The van der Waals surface area contributed by atoms with Crippen molar-refractivity contribution >= 4 is 24.4 Å². The minimum absolute atomic E-state index is 0.106. The lowest BCUT2D eigenvalue weighted by Gasteiger charge is -2.09. The summed E-state index contributed by atoms with van der Waals surface area (Å²) in [5.74, 6) is 0. The highest BCUT2D eigenvalue weighted by Gasteiger charge is 2.01. The second-order valence-electron chi connectivity index (χ2n) is 2.64. The molecule has 1 aromatic heterocycles. The van der Waals surface area contributed by atoms with Crippen molar-refractivity contribution in [3.05, 3.63) is 9.54 Å². The Kier molecular flexibility index (Phi) is 3.56. The van der Waals surface area contributed by atoms with Gasteiger partial charge in [-0.3, -0.25) is 4.98 Å². The van der Waals surface area contributed by atoms with Crippen molar-refractivity contribution in [2.75, 3.05) is 0 Å². The first-order valence-electron chi connectivity index (χ1n) is 3.99. The summed E-state index contributed by atoms with van der Waals surface area (Å²) < 4.78 is 6.17. The predicted molar refractivity (Wildman–Crippen MR) is 55.0 cm³/mol. The standard InChI is InChI=1S/C7H11N3OS2/c1-3-4(2)11-5-8-6(12)10-7(13)9-5/h4H,3H2,1-2H3,(H2,8,9,10,12,13). The largest absolute Gasteiger partial charge is 0.462 e. The van der Waals surface area contributed by atoms with Crippen molar-refractivity contribution < 1.29 is 4.74 Å². The van der Waals surface area contributed by atoms with Gasteiger partial charge >= 0.3 is 0 Å². The van der Waals surface area contributed by atoms with Crippen LogP contribution in [0, 0.1) is 9.54 Å². The van der Waals surface area contributed by atoms with Crippen molar-refractivity contribution in [3.8, 4) is 6.01 Å². The first-order valence-corrected chi connectivity index (χ1v) is 4.80. The summed E-state index contributed by atoms with van der Waals surface area (Å²) in [4.78, 5) is 9.39. The molecule has 0 saturated heterocycles. The Morgan fingerprint density at radius 3 is 2.69 bits per heavy atom. The molecule has 13 heavy (non-hydrogen) atoms. The van der Waals surface area contributed by atoms with Crippen LogP contribution in [0.25, 0.3) is 0 Å². The molecule has 0 aliphatic carbocycles. The Labute approximate surface area is 86.4 Å². The molecule has 1 aromatic rings. The van der Waals surface area contributed by atoms with E-state index < -0.39 is 0 Å². The zero-order chi connectivity index (χ0) is 9.84. The zero-order valence-electron chi connectivity index (χ0n) is 7.46. The highest BCUT2D eigenvalue weighted by Crippen LogP contribution is 2.04. The van der Waals surface area contributed by atoms with Gasteiger partial charge in [0.05, 0.1) is 6.10 Å². The van der Waals surface area contributed by atoms with E-state index in [1.165, 1.54) is 0 Å². The Bertz CT molecular complexity index is 356. The lowest BCUT2D eigenvalue weighted by Crippen LogP contribution is -2.12. The van der Waals surface area contributed by atoms with Gasteiger partial charge in [0.2, 0.25) is 4.77 Å². The lowest BCUT2D eigenvalue weighted by molar-refractivity contribution is 0.198. The van der Waals surface area contributed by atoms with E-state index in [9.17, 15) is 0 Å². The molecular formula is C7H11N3OS2. The third kappa shape index (κ3) is 3.23. The van der Waals surface area contributed by atoms with Crippen molar-refractivity contribution in [2.24, 2.45) is 0 Å². The molecule has 0 spiro atoms. The molecule has 1 rings (SSSR count). The molecule has 0 amide bonds. The lowest BCUT2D eigenvalue weighted by atomic mass is 10.3. The van der Waals surface area contributed by atoms with E-state index in [1.807, 2.05) is 13.8 Å². The van der Waals surface area contributed by atoms with Crippen molar-refractivity contribution in [2.45, 2.75) is 26.4 Å². The number of aromatic amines is 2. The summed E-state index contributed by atoms with van der Waals surface area (Å²) in [6, 6.07) is 0.378. The Hall–Kier alpha value is -0.750. The molecule has 1 heterocycles. The van der Waals surface area contributed by atoms with Gasteiger partial charge in [-0.05, 0) is 37.8 Å². The number of ether oxygens (including phenoxy) is 1. The van der Waals surface area contributed by atoms with Crippen LogP contribution in [-0.4, -0.2) is 21.1 Å². The average molecular weight is 217 g/mol. The number of rotatable bonds is 3. The fourth-order valence-electron chi connectivity index (χ4n) is 0.703. The van der Waals surface area contributed by atoms with Gasteiger partial charge in [-0.25, -0.2) is 0 Å². The van der Waals surface area contributed by atoms with Gasteiger partial charge in [0.25, 0.3) is 6.01 Å². The minimum atomic E-state index is 0.106. The van der Waals surface area contributed by atoms with E-state index in [0.717, 1.165) is 6.42 Å². The third-order valence-electron chi connectivity index (χ3n) is 1.53. The molecule has 1 atom stereocenters. The van der Waals surface area contributed by atoms with E-state index in [1.54, 1.807) is 0 Å².